The number of carbonyl (C=O) groups excluding carboxylic acids is 3. The number of hydrogen-bond acceptors (Lipinski definition) is 6. The molecule has 0 fully saturated rings. The number of hydrogen-bond donors (Lipinski definition) is 0. The average molecular weight is 466 g/mol. The average Bonchev–Trinajstić information content (AvgIpc) is 3.25. The largest absolute Gasteiger partial charge is 0.454 e. The van der Waals surface area contributed by atoms with Gasteiger partial charge in [0, 0.05) is 36.1 Å². The number of Topliss-reactive ketones (excluding diaryl/α,β-unsaturated/α-hetero) is 1. The Morgan fingerprint density at radius 3 is 2.23 bits per heavy atom. The van der Waals surface area contributed by atoms with E-state index in [-0.39, 0.29) is 18.4 Å². The number of rotatable bonds is 8. The van der Waals surface area contributed by atoms with Gasteiger partial charge in [0.05, 0.1) is 18.1 Å². The van der Waals surface area contributed by atoms with E-state index in [4.69, 9.17) is 14.7 Å². The molecule has 7 heteroatoms. The predicted octanol–water partition coefficient (Wildman–Crippen LogP) is 5.19. The molecule has 0 amide bonds. The van der Waals surface area contributed by atoms with Crippen LogP contribution in [0.2, 0.25) is 0 Å². The lowest BCUT2D eigenvalue weighted by Crippen LogP contribution is -2.14. The van der Waals surface area contributed by atoms with Crippen molar-refractivity contribution in [3.63, 3.8) is 0 Å². The highest BCUT2D eigenvalue weighted by molar-refractivity contribution is 6.09. The van der Waals surface area contributed by atoms with Gasteiger partial charge in [-0.2, -0.15) is 5.26 Å². The molecule has 0 atom stereocenters. The summed E-state index contributed by atoms with van der Waals surface area (Å²) in [6.07, 6.45) is 2.04. The first-order valence-electron chi connectivity index (χ1n) is 11.0. The summed E-state index contributed by atoms with van der Waals surface area (Å²) in [5.41, 5.74) is 3.41. The quantitative estimate of drug-likeness (QED) is 0.201. The Labute approximate surface area is 202 Å². The third-order valence-electron chi connectivity index (χ3n) is 5.46. The van der Waals surface area contributed by atoms with Crippen molar-refractivity contribution < 1.29 is 23.9 Å². The van der Waals surface area contributed by atoms with E-state index in [9.17, 15) is 14.4 Å². The molecule has 0 bridgehead atoms. The first kappa shape index (κ1) is 23.5. The lowest BCUT2D eigenvalue weighted by molar-refractivity contribution is -0.131. The fraction of sp³-hybridized carbons (Fsp3) is 0.143. The van der Waals surface area contributed by atoms with Crippen molar-refractivity contribution in [3.05, 3.63) is 90.1 Å². The second-order valence-electron chi connectivity index (χ2n) is 7.86. The third-order valence-corrected chi connectivity index (χ3v) is 5.46. The minimum absolute atomic E-state index is 0.310. The van der Waals surface area contributed by atoms with Gasteiger partial charge in [0.25, 0.3) is 0 Å². The van der Waals surface area contributed by atoms with Gasteiger partial charge in [0.1, 0.15) is 5.75 Å². The topological polar surface area (TPSA) is 98.4 Å². The number of ether oxygens (including phenoxy) is 2. The van der Waals surface area contributed by atoms with Crippen LogP contribution in [0.3, 0.4) is 0 Å². The summed E-state index contributed by atoms with van der Waals surface area (Å²) in [6, 6.07) is 23.4. The number of carbonyl (C=O) groups is 3. The highest BCUT2D eigenvalue weighted by Gasteiger charge is 2.17. The maximum absolute atomic E-state index is 12.8. The SMILES string of the molecule is CC(=O)Oc1ccc(-c2ccc(C(=O)OCC(=O)c3cn(CCC#N)c4ccccc34)cc2)cc1. The van der Waals surface area contributed by atoms with Crippen LogP contribution in [0.1, 0.15) is 34.1 Å². The van der Waals surface area contributed by atoms with Gasteiger partial charge in [-0.3, -0.25) is 9.59 Å². The molecule has 0 radical (unpaired) electrons. The number of esters is 2. The smallest absolute Gasteiger partial charge is 0.338 e. The van der Waals surface area contributed by atoms with Gasteiger partial charge >= 0.3 is 11.9 Å². The summed E-state index contributed by atoms with van der Waals surface area (Å²) in [5, 5.41) is 9.65. The van der Waals surface area contributed by atoms with Crippen LogP contribution >= 0.6 is 0 Å². The van der Waals surface area contributed by atoms with E-state index in [1.807, 2.05) is 41.0 Å². The number of para-hydroxylation sites is 1. The Hall–Kier alpha value is -4.70. The number of aromatic nitrogens is 1. The van der Waals surface area contributed by atoms with Gasteiger partial charge in [-0.15, -0.1) is 0 Å². The van der Waals surface area contributed by atoms with Crippen molar-refractivity contribution in [2.75, 3.05) is 6.61 Å². The van der Waals surface area contributed by atoms with Crippen LogP contribution in [0.5, 0.6) is 5.75 Å². The van der Waals surface area contributed by atoms with E-state index in [0.29, 0.717) is 29.8 Å². The van der Waals surface area contributed by atoms with Crippen molar-refractivity contribution in [2.24, 2.45) is 0 Å². The van der Waals surface area contributed by atoms with E-state index in [0.717, 1.165) is 22.0 Å². The third kappa shape index (κ3) is 5.45. The molecule has 35 heavy (non-hydrogen) atoms. The van der Waals surface area contributed by atoms with Crippen molar-refractivity contribution in [1.82, 2.24) is 4.57 Å². The molecule has 0 aliphatic rings. The second kappa shape index (κ2) is 10.5. The van der Waals surface area contributed by atoms with E-state index in [2.05, 4.69) is 6.07 Å². The normalized spacial score (nSPS) is 10.5. The summed E-state index contributed by atoms with van der Waals surface area (Å²) < 4.78 is 12.2. The van der Waals surface area contributed by atoms with Crippen molar-refractivity contribution in [1.29, 1.82) is 5.26 Å². The van der Waals surface area contributed by atoms with E-state index >= 15 is 0 Å². The van der Waals surface area contributed by atoms with Crippen molar-refractivity contribution in [3.8, 4) is 22.9 Å². The molecule has 4 aromatic rings. The minimum Gasteiger partial charge on any atom is -0.454 e. The number of nitriles is 1. The molecule has 0 saturated carbocycles. The Bertz CT molecular complexity index is 1430. The molecule has 1 aromatic heterocycles. The molecule has 0 aliphatic carbocycles. The Morgan fingerprint density at radius 2 is 1.57 bits per heavy atom. The number of fused-ring (bicyclic) bond motifs is 1. The number of aryl methyl sites for hydroxylation is 1. The summed E-state index contributed by atoms with van der Waals surface area (Å²) in [5.74, 6) is -0.832. The number of nitrogens with zero attached hydrogens (tertiary/aromatic N) is 2. The van der Waals surface area contributed by atoms with Gasteiger partial charge in [0.2, 0.25) is 5.78 Å². The van der Waals surface area contributed by atoms with Crippen LogP contribution < -0.4 is 4.74 Å². The fourth-order valence-corrected chi connectivity index (χ4v) is 3.80. The predicted molar refractivity (Wildman–Crippen MR) is 130 cm³/mol. The first-order valence-corrected chi connectivity index (χ1v) is 11.0. The van der Waals surface area contributed by atoms with Crippen LogP contribution in [0.4, 0.5) is 0 Å². The molecule has 0 spiro atoms. The number of ketones is 1. The van der Waals surface area contributed by atoms with Crippen LogP contribution in [0.15, 0.2) is 79.0 Å². The fourth-order valence-electron chi connectivity index (χ4n) is 3.80. The van der Waals surface area contributed by atoms with Gasteiger partial charge in [0.15, 0.2) is 6.61 Å². The number of benzene rings is 3. The van der Waals surface area contributed by atoms with Crippen LogP contribution in [0.25, 0.3) is 22.0 Å². The standard InChI is InChI=1S/C28H22N2O5/c1-19(31)35-23-13-11-21(12-14-23)20-7-9-22(10-8-20)28(33)34-18-27(32)25-17-30(16-4-15-29)26-6-3-2-5-24(25)26/h2-3,5-14,17H,4,16,18H2,1H3. The molecule has 3 aromatic carbocycles. The molecule has 1 heterocycles. The molecular weight excluding hydrogens is 444 g/mol. The Kier molecular flexibility index (Phi) is 7.03. The minimum atomic E-state index is -0.594. The highest BCUT2D eigenvalue weighted by Crippen LogP contribution is 2.24. The first-order chi connectivity index (χ1) is 17.0. The molecular formula is C28H22N2O5. The molecule has 4 rings (SSSR count). The van der Waals surface area contributed by atoms with Crippen LogP contribution in [-0.2, 0) is 16.1 Å². The molecule has 0 N–H and O–H groups in total. The summed E-state index contributed by atoms with van der Waals surface area (Å²) in [6.45, 7) is 1.43. The van der Waals surface area contributed by atoms with Gasteiger partial charge < -0.3 is 14.0 Å². The maximum Gasteiger partial charge on any atom is 0.338 e. The molecule has 0 saturated heterocycles. The Balaban J connectivity index is 1.41. The van der Waals surface area contributed by atoms with Crippen LogP contribution in [-0.4, -0.2) is 28.9 Å². The van der Waals surface area contributed by atoms with E-state index in [1.165, 1.54) is 6.92 Å². The van der Waals surface area contributed by atoms with Gasteiger partial charge in [-0.1, -0.05) is 42.5 Å². The van der Waals surface area contributed by atoms with Crippen molar-refractivity contribution >= 4 is 28.6 Å². The zero-order valence-corrected chi connectivity index (χ0v) is 19.1. The van der Waals surface area contributed by atoms with Crippen LogP contribution in [0, 0.1) is 11.3 Å². The summed E-state index contributed by atoms with van der Waals surface area (Å²) in [7, 11) is 0. The second-order valence-corrected chi connectivity index (χ2v) is 7.86. The summed E-state index contributed by atoms with van der Waals surface area (Å²) >= 11 is 0. The lowest BCUT2D eigenvalue weighted by atomic mass is 10.0. The lowest BCUT2D eigenvalue weighted by Gasteiger charge is -2.07. The monoisotopic (exact) mass is 466 g/mol. The van der Waals surface area contributed by atoms with Crippen molar-refractivity contribution in [2.45, 2.75) is 19.9 Å². The molecule has 0 aliphatic heterocycles. The van der Waals surface area contributed by atoms with E-state index in [1.54, 1.807) is 42.6 Å². The Morgan fingerprint density at radius 1 is 0.914 bits per heavy atom. The zero-order chi connectivity index (χ0) is 24.8. The molecule has 0 unspecified atom stereocenters. The zero-order valence-electron chi connectivity index (χ0n) is 19.1. The maximum atomic E-state index is 12.8. The molecule has 7 nitrogen and oxygen atoms in total. The highest BCUT2D eigenvalue weighted by atomic mass is 16.5. The molecule has 174 valence electrons. The van der Waals surface area contributed by atoms with E-state index < -0.39 is 5.97 Å². The summed E-state index contributed by atoms with van der Waals surface area (Å²) in [4.78, 5) is 36.4. The van der Waals surface area contributed by atoms with Gasteiger partial charge in [-0.25, -0.2) is 4.79 Å². The van der Waals surface area contributed by atoms with Gasteiger partial charge in [-0.05, 0) is 41.5 Å².